The highest BCUT2D eigenvalue weighted by atomic mass is 16.5. The van der Waals surface area contributed by atoms with Crippen LogP contribution in [0.1, 0.15) is 77.6 Å². The van der Waals surface area contributed by atoms with Crippen molar-refractivity contribution in [1.82, 2.24) is 5.32 Å². The fourth-order valence-electron chi connectivity index (χ4n) is 2.87. The van der Waals surface area contributed by atoms with Crippen LogP contribution in [-0.2, 0) is 4.74 Å². The summed E-state index contributed by atoms with van der Waals surface area (Å²) in [5.74, 6) is 0. The van der Waals surface area contributed by atoms with Crippen LogP contribution in [0.15, 0.2) is 30.3 Å². The number of unbranched alkanes of at least 4 members (excludes halogenated alkanes) is 9. The first-order valence-electron chi connectivity index (χ1n) is 10.5. The molecule has 0 bridgehead atoms. The number of hydrogen-bond acceptors (Lipinski definition) is 2. The normalized spacial score (nSPS) is 10.7. The predicted octanol–water partition coefficient (Wildman–Crippen LogP) is 6.14. The molecule has 148 valence electrons. The van der Waals surface area contributed by atoms with E-state index in [4.69, 9.17) is 4.74 Å². The maximum Gasteiger partial charge on any atom is 0.319 e. The van der Waals surface area contributed by atoms with E-state index in [-0.39, 0.29) is 6.03 Å². The maximum atomic E-state index is 11.7. The summed E-state index contributed by atoms with van der Waals surface area (Å²) in [4.78, 5) is 11.7. The van der Waals surface area contributed by atoms with Crippen LogP contribution in [0.2, 0.25) is 0 Å². The lowest BCUT2D eigenvalue weighted by Crippen LogP contribution is -2.30. The summed E-state index contributed by atoms with van der Waals surface area (Å²) in [6.45, 7) is 4.45. The van der Waals surface area contributed by atoms with E-state index in [1.807, 2.05) is 30.3 Å². The lowest BCUT2D eigenvalue weighted by Gasteiger charge is -2.08. The second-order valence-electron chi connectivity index (χ2n) is 6.89. The van der Waals surface area contributed by atoms with Crippen LogP contribution >= 0.6 is 0 Å². The summed E-state index contributed by atoms with van der Waals surface area (Å²) < 4.78 is 5.63. The van der Waals surface area contributed by atoms with Gasteiger partial charge in [0.1, 0.15) is 0 Å². The van der Waals surface area contributed by atoms with E-state index in [9.17, 15) is 4.79 Å². The van der Waals surface area contributed by atoms with Gasteiger partial charge in [-0.25, -0.2) is 4.79 Å². The van der Waals surface area contributed by atoms with E-state index in [1.165, 1.54) is 57.8 Å². The van der Waals surface area contributed by atoms with Gasteiger partial charge in [-0.3, -0.25) is 0 Å². The van der Waals surface area contributed by atoms with E-state index in [2.05, 4.69) is 17.6 Å². The fourth-order valence-corrected chi connectivity index (χ4v) is 2.87. The van der Waals surface area contributed by atoms with Crippen LogP contribution in [0.5, 0.6) is 0 Å². The van der Waals surface area contributed by atoms with Crippen LogP contribution < -0.4 is 10.6 Å². The highest BCUT2D eigenvalue weighted by Crippen LogP contribution is 2.10. The molecule has 2 N–H and O–H groups in total. The number of carbonyl (C=O) groups is 1. The molecule has 0 fully saturated rings. The quantitative estimate of drug-likeness (QED) is 0.347. The molecule has 0 aliphatic rings. The first-order valence-corrected chi connectivity index (χ1v) is 10.5. The Morgan fingerprint density at radius 1 is 0.808 bits per heavy atom. The third-order valence-corrected chi connectivity index (χ3v) is 4.42. The van der Waals surface area contributed by atoms with Crippen LogP contribution in [0.25, 0.3) is 0 Å². The van der Waals surface area contributed by atoms with Gasteiger partial charge in [-0.15, -0.1) is 0 Å². The van der Waals surface area contributed by atoms with Gasteiger partial charge in [0, 0.05) is 25.4 Å². The number of rotatable bonds is 16. The Labute approximate surface area is 160 Å². The first-order chi connectivity index (χ1) is 12.8. The molecule has 0 unspecified atom stereocenters. The third-order valence-electron chi connectivity index (χ3n) is 4.42. The summed E-state index contributed by atoms with van der Waals surface area (Å²) >= 11 is 0. The summed E-state index contributed by atoms with van der Waals surface area (Å²) in [5, 5.41) is 5.65. The van der Waals surface area contributed by atoms with E-state index < -0.39 is 0 Å². The Kier molecular flexibility index (Phi) is 14.6. The van der Waals surface area contributed by atoms with Gasteiger partial charge in [-0.2, -0.15) is 0 Å². The van der Waals surface area contributed by atoms with Crippen molar-refractivity contribution in [3.63, 3.8) is 0 Å². The van der Waals surface area contributed by atoms with Gasteiger partial charge in [0.05, 0.1) is 0 Å². The topological polar surface area (TPSA) is 50.4 Å². The molecular formula is C22H38N2O2. The van der Waals surface area contributed by atoms with Crippen molar-refractivity contribution in [2.24, 2.45) is 0 Å². The molecule has 1 rings (SSSR count). The molecule has 1 aromatic rings. The van der Waals surface area contributed by atoms with Gasteiger partial charge in [0.25, 0.3) is 0 Å². The average molecular weight is 363 g/mol. The zero-order chi connectivity index (χ0) is 18.7. The Balaban J connectivity index is 1.77. The molecule has 0 saturated carbocycles. The van der Waals surface area contributed by atoms with Gasteiger partial charge in [0.2, 0.25) is 0 Å². The molecule has 1 aromatic carbocycles. The maximum absolute atomic E-state index is 11.7. The fraction of sp³-hybridized carbons (Fsp3) is 0.682. The highest BCUT2D eigenvalue weighted by Gasteiger charge is 1.99. The van der Waals surface area contributed by atoms with Crippen LogP contribution in [-0.4, -0.2) is 25.8 Å². The molecule has 0 atom stereocenters. The molecule has 0 heterocycles. The molecule has 0 radical (unpaired) electrons. The van der Waals surface area contributed by atoms with Crippen molar-refractivity contribution in [2.45, 2.75) is 77.6 Å². The molecule has 0 aliphatic carbocycles. The zero-order valence-corrected chi connectivity index (χ0v) is 16.6. The van der Waals surface area contributed by atoms with Gasteiger partial charge >= 0.3 is 6.03 Å². The second kappa shape index (κ2) is 16.9. The van der Waals surface area contributed by atoms with E-state index >= 15 is 0 Å². The van der Waals surface area contributed by atoms with Crippen molar-refractivity contribution in [3.05, 3.63) is 30.3 Å². The Morgan fingerprint density at radius 3 is 2.04 bits per heavy atom. The lowest BCUT2D eigenvalue weighted by atomic mass is 10.1. The van der Waals surface area contributed by atoms with E-state index in [0.29, 0.717) is 13.2 Å². The minimum absolute atomic E-state index is 0.161. The molecule has 4 nitrogen and oxygen atoms in total. The van der Waals surface area contributed by atoms with Crippen LogP contribution in [0, 0.1) is 0 Å². The highest BCUT2D eigenvalue weighted by molar-refractivity contribution is 5.89. The van der Waals surface area contributed by atoms with Gasteiger partial charge in [-0.1, -0.05) is 82.9 Å². The monoisotopic (exact) mass is 362 g/mol. The molecule has 0 aromatic heterocycles. The second-order valence-corrected chi connectivity index (χ2v) is 6.89. The van der Waals surface area contributed by atoms with Crippen molar-refractivity contribution in [3.8, 4) is 0 Å². The zero-order valence-electron chi connectivity index (χ0n) is 16.6. The minimum Gasteiger partial charge on any atom is -0.381 e. The number of urea groups is 1. The van der Waals surface area contributed by atoms with Gasteiger partial charge in [-0.05, 0) is 25.0 Å². The summed E-state index contributed by atoms with van der Waals surface area (Å²) in [7, 11) is 0. The van der Waals surface area contributed by atoms with Gasteiger partial charge < -0.3 is 15.4 Å². The van der Waals surface area contributed by atoms with Crippen LogP contribution in [0.3, 0.4) is 0 Å². The standard InChI is InChI=1S/C22H38N2O2/c1-2-3-4-5-6-7-8-9-10-14-19-26-20-15-18-23-22(25)24-21-16-12-11-13-17-21/h11-13,16-17H,2-10,14-15,18-20H2,1H3,(H2,23,24,25). The number of amides is 2. The molecule has 2 amide bonds. The Hall–Kier alpha value is -1.55. The minimum atomic E-state index is -0.161. The first kappa shape index (κ1) is 22.5. The average Bonchev–Trinajstić information content (AvgIpc) is 2.65. The number of ether oxygens (including phenoxy) is 1. The molecule has 0 aliphatic heterocycles. The molecule has 4 heteroatoms. The van der Waals surface area contributed by atoms with E-state index in [1.54, 1.807) is 0 Å². The molecular weight excluding hydrogens is 324 g/mol. The number of hydrogen-bond donors (Lipinski definition) is 2. The summed E-state index contributed by atoms with van der Waals surface area (Å²) in [6.07, 6.45) is 14.3. The molecule has 26 heavy (non-hydrogen) atoms. The SMILES string of the molecule is CCCCCCCCCCCCOCCCNC(=O)Nc1ccccc1. The third kappa shape index (κ3) is 13.7. The lowest BCUT2D eigenvalue weighted by molar-refractivity contribution is 0.128. The number of benzene rings is 1. The molecule has 0 saturated heterocycles. The largest absolute Gasteiger partial charge is 0.381 e. The number of para-hydroxylation sites is 1. The Bertz CT molecular complexity index is 437. The van der Waals surface area contributed by atoms with Crippen molar-refractivity contribution in [1.29, 1.82) is 0 Å². The number of carbonyl (C=O) groups excluding carboxylic acids is 1. The van der Waals surface area contributed by atoms with Crippen molar-refractivity contribution >= 4 is 11.7 Å². The predicted molar refractivity (Wildman–Crippen MR) is 111 cm³/mol. The van der Waals surface area contributed by atoms with Crippen molar-refractivity contribution in [2.75, 3.05) is 25.1 Å². The summed E-state index contributed by atoms with van der Waals surface area (Å²) in [6, 6.07) is 9.30. The van der Waals surface area contributed by atoms with Crippen molar-refractivity contribution < 1.29 is 9.53 Å². The smallest absolute Gasteiger partial charge is 0.319 e. The van der Waals surface area contributed by atoms with E-state index in [0.717, 1.165) is 25.1 Å². The number of anilines is 1. The summed E-state index contributed by atoms with van der Waals surface area (Å²) in [5.41, 5.74) is 0.808. The Morgan fingerprint density at radius 2 is 1.38 bits per heavy atom. The van der Waals surface area contributed by atoms with Crippen LogP contribution in [0.4, 0.5) is 10.5 Å². The number of nitrogens with one attached hydrogen (secondary N) is 2. The van der Waals surface area contributed by atoms with Gasteiger partial charge in [0.15, 0.2) is 0 Å². The molecule has 0 spiro atoms.